The molecule has 9 heteroatoms. The fraction of sp³-hybridized carbons (Fsp3) is 0.182. The lowest BCUT2D eigenvalue weighted by Gasteiger charge is -2.17. The number of thiocarbonyl (C=S) groups is 1. The number of nitriles is 1. The van der Waals surface area contributed by atoms with Crippen molar-refractivity contribution in [3.05, 3.63) is 69.9 Å². The lowest BCUT2D eigenvalue weighted by molar-refractivity contribution is -0.140. The number of benzene rings is 2. The maximum Gasteiger partial charge on any atom is 0.325 e. The van der Waals surface area contributed by atoms with Gasteiger partial charge >= 0.3 is 5.97 Å². The van der Waals surface area contributed by atoms with Gasteiger partial charge in [0.1, 0.15) is 24.6 Å². The zero-order valence-electron chi connectivity index (χ0n) is 16.8. The van der Waals surface area contributed by atoms with Gasteiger partial charge in [0.15, 0.2) is 5.11 Å². The third-order valence-electron chi connectivity index (χ3n) is 4.63. The molecule has 0 bridgehead atoms. The maximum absolute atomic E-state index is 12.6. The van der Waals surface area contributed by atoms with E-state index < -0.39 is 5.97 Å². The zero-order chi connectivity index (χ0) is 22.5. The molecule has 158 valence electrons. The Kier molecular flexibility index (Phi) is 6.90. The van der Waals surface area contributed by atoms with Gasteiger partial charge in [0.05, 0.1) is 23.8 Å². The summed E-state index contributed by atoms with van der Waals surface area (Å²) in [5, 5.41) is 9.73. The molecule has 0 saturated carbocycles. The van der Waals surface area contributed by atoms with Crippen molar-refractivity contribution in [1.82, 2.24) is 9.80 Å². The normalized spacial score (nSPS) is 14.7. The number of rotatable bonds is 6. The molecular weight excluding hydrogens is 438 g/mol. The molecule has 0 N–H and O–H groups in total. The molecule has 2 aromatic rings. The van der Waals surface area contributed by atoms with Crippen LogP contribution in [0.2, 0.25) is 5.02 Å². The standard InChI is InChI=1S/C22H18ClN3O4S/c1-25-21(28)18(26(22(25)31)12-20(27)29-2)10-14-7-8-19(17(23)9-14)30-13-16-6-4-3-5-15(16)11-24/h3-10H,12-13H2,1-2H3/b18-10-. The molecule has 31 heavy (non-hydrogen) atoms. The van der Waals surface area contributed by atoms with Crippen LogP contribution in [0.25, 0.3) is 6.08 Å². The summed E-state index contributed by atoms with van der Waals surface area (Å²) in [5.41, 5.74) is 2.15. The highest BCUT2D eigenvalue weighted by Crippen LogP contribution is 2.29. The minimum absolute atomic E-state index is 0.176. The smallest absolute Gasteiger partial charge is 0.325 e. The van der Waals surface area contributed by atoms with Crippen LogP contribution in [-0.2, 0) is 20.9 Å². The Morgan fingerprint density at radius 3 is 2.71 bits per heavy atom. The molecule has 2 aromatic carbocycles. The van der Waals surface area contributed by atoms with Crippen LogP contribution in [0.1, 0.15) is 16.7 Å². The third kappa shape index (κ3) is 4.85. The van der Waals surface area contributed by atoms with Crippen LogP contribution in [0, 0.1) is 11.3 Å². The van der Waals surface area contributed by atoms with Crippen LogP contribution in [0.3, 0.4) is 0 Å². The van der Waals surface area contributed by atoms with Crippen LogP contribution in [0.4, 0.5) is 0 Å². The molecule has 0 spiro atoms. The minimum atomic E-state index is -0.518. The first-order chi connectivity index (χ1) is 14.8. The third-order valence-corrected chi connectivity index (χ3v) is 5.42. The number of halogens is 1. The topological polar surface area (TPSA) is 82.9 Å². The van der Waals surface area contributed by atoms with Crippen LogP contribution in [-0.4, -0.2) is 47.5 Å². The quantitative estimate of drug-likeness (QED) is 0.375. The lowest BCUT2D eigenvalue weighted by atomic mass is 10.1. The number of carbonyl (C=O) groups excluding carboxylic acids is 2. The van der Waals surface area contributed by atoms with E-state index in [0.29, 0.717) is 21.9 Å². The Balaban J connectivity index is 1.82. The van der Waals surface area contributed by atoms with Gasteiger partial charge in [-0.15, -0.1) is 0 Å². The summed E-state index contributed by atoms with van der Waals surface area (Å²) in [5.74, 6) is -0.414. The molecule has 1 fully saturated rings. The highest BCUT2D eigenvalue weighted by atomic mass is 35.5. The number of hydrogen-bond acceptors (Lipinski definition) is 6. The van der Waals surface area contributed by atoms with E-state index in [2.05, 4.69) is 10.8 Å². The van der Waals surface area contributed by atoms with Crippen LogP contribution in [0.5, 0.6) is 5.75 Å². The van der Waals surface area contributed by atoms with Crippen molar-refractivity contribution in [2.24, 2.45) is 0 Å². The lowest BCUT2D eigenvalue weighted by Crippen LogP contribution is -2.33. The van der Waals surface area contributed by atoms with Crippen molar-refractivity contribution in [2.75, 3.05) is 20.7 Å². The van der Waals surface area contributed by atoms with E-state index in [9.17, 15) is 14.9 Å². The zero-order valence-corrected chi connectivity index (χ0v) is 18.4. The van der Waals surface area contributed by atoms with Crippen molar-refractivity contribution in [3.63, 3.8) is 0 Å². The molecule has 1 amide bonds. The summed E-state index contributed by atoms with van der Waals surface area (Å²) >= 11 is 11.6. The molecule has 1 aliphatic heterocycles. The summed E-state index contributed by atoms with van der Waals surface area (Å²) < 4.78 is 10.5. The molecule has 0 unspecified atom stereocenters. The van der Waals surface area contributed by atoms with E-state index in [-0.39, 0.29) is 29.9 Å². The molecule has 1 saturated heterocycles. The Labute approximate surface area is 190 Å². The van der Waals surface area contributed by atoms with Gasteiger partial charge in [-0.1, -0.05) is 35.9 Å². The van der Waals surface area contributed by atoms with Crippen molar-refractivity contribution >= 4 is 46.9 Å². The van der Waals surface area contributed by atoms with Crippen molar-refractivity contribution < 1.29 is 19.1 Å². The summed E-state index contributed by atoms with van der Waals surface area (Å²) in [7, 11) is 2.81. The van der Waals surface area contributed by atoms with Crippen LogP contribution < -0.4 is 4.74 Å². The Morgan fingerprint density at radius 1 is 1.29 bits per heavy atom. The van der Waals surface area contributed by atoms with Gasteiger partial charge in [-0.05, 0) is 42.1 Å². The number of ether oxygens (including phenoxy) is 2. The predicted octanol–water partition coefficient (Wildman–Crippen LogP) is 3.36. The van der Waals surface area contributed by atoms with Crippen molar-refractivity contribution in [1.29, 1.82) is 5.26 Å². The first-order valence-corrected chi connectivity index (χ1v) is 9.92. The fourth-order valence-corrected chi connectivity index (χ4v) is 3.43. The maximum atomic E-state index is 12.6. The number of carbonyl (C=O) groups is 2. The van der Waals surface area contributed by atoms with Crippen LogP contribution in [0.15, 0.2) is 48.2 Å². The second-order valence-electron chi connectivity index (χ2n) is 6.59. The molecule has 3 rings (SSSR count). The molecule has 1 heterocycles. The summed E-state index contributed by atoms with van der Waals surface area (Å²) in [6.45, 7) is 0.0127. The fourth-order valence-electron chi connectivity index (χ4n) is 2.94. The predicted molar refractivity (Wildman–Crippen MR) is 119 cm³/mol. The largest absolute Gasteiger partial charge is 0.487 e. The first kappa shape index (κ1) is 22.3. The van der Waals surface area contributed by atoms with Crippen LogP contribution >= 0.6 is 23.8 Å². The highest BCUT2D eigenvalue weighted by molar-refractivity contribution is 7.80. The number of likely N-dealkylation sites (N-methyl/N-ethyl adjacent to an activating group) is 1. The van der Waals surface area contributed by atoms with Gasteiger partial charge in [-0.2, -0.15) is 5.26 Å². The Morgan fingerprint density at radius 2 is 2.03 bits per heavy atom. The number of methoxy groups -OCH3 is 1. The number of amides is 1. The molecule has 7 nitrogen and oxygen atoms in total. The van der Waals surface area contributed by atoms with E-state index in [1.54, 1.807) is 43.5 Å². The number of hydrogen-bond donors (Lipinski definition) is 0. The molecule has 1 aliphatic rings. The average Bonchev–Trinajstić information content (AvgIpc) is 2.97. The van der Waals surface area contributed by atoms with Gasteiger partial charge in [-0.25, -0.2) is 0 Å². The first-order valence-electron chi connectivity index (χ1n) is 9.14. The SMILES string of the molecule is COC(=O)CN1C(=S)N(C)C(=O)/C1=C/c1ccc(OCc2ccccc2C#N)c(Cl)c1. The Hall–Kier alpha value is -3.41. The average molecular weight is 456 g/mol. The van der Waals surface area contributed by atoms with Crippen molar-refractivity contribution in [2.45, 2.75) is 6.61 Å². The summed E-state index contributed by atoms with van der Waals surface area (Å²) in [6.07, 6.45) is 1.60. The highest BCUT2D eigenvalue weighted by Gasteiger charge is 2.36. The monoisotopic (exact) mass is 455 g/mol. The van der Waals surface area contributed by atoms with E-state index in [0.717, 1.165) is 5.56 Å². The second kappa shape index (κ2) is 9.60. The van der Waals surface area contributed by atoms with Gasteiger partial charge < -0.3 is 14.4 Å². The van der Waals surface area contributed by atoms with Gasteiger partial charge in [0.2, 0.25) is 0 Å². The van der Waals surface area contributed by atoms with E-state index in [4.69, 9.17) is 28.6 Å². The van der Waals surface area contributed by atoms with Crippen molar-refractivity contribution in [3.8, 4) is 11.8 Å². The van der Waals surface area contributed by atoms with E-state index >= 15 is 0 Å². The molecular formula is C22H18ClN3O4S. The minimum Gasteiger partial charge on any atom is -0.487 e. The second-order valence-corrected chi connectivity index (χ2v) is 7.36. The molecule has 0 aromatic heterocycles. The molecule has 0 radical (unpaired) electrons. The van der Waals surface area contributed by atoms with E-state index in [1.807, 2.05) is 12.1 Å². The van der Waals surface area contributed by atoms with E-state index in [1.165, 1.54) is 16.9 Å². The Bertz CT molecular complexity index is 1130. The van der Waals surface area contributed by atoms with Gasteiger partial charge in [0, 0.05) is 12.6 Å². The summed E-state index contributed by atoms with van der Waals surface area (Å²) in [6, 6.07) is 14.3. The summed E-state index contributed by atoms with van der Waals surface area (Å²) in [4.78, 5) is 27.0. The molecule has 0 aliphatic carbocycles. The van der Waals surface area contributed by atoms with Gasteiger partial charge in [-0.3, -0.25) is 14.5 Å². The number of esters is 1. The van der Waals surface area contributed by atoms with Gasteiger partial charge in [0.25, 0.3) is 5.91 Å². The molecule has 0 atom stereocenters. The number of nitrogens with zero attached hydrogens (tertiary/aromatic N) is 3.